The quantitative estimate of drug-likeness (QED) is 0.824. The Hall–Kier alpha value is -1.89. The third-order valence-corrected chi connectivity index (χ3v) is 4.45. The molecule has 2 rings (SSSR count). The van der Waals surface area contributed by atoms with Crippen LogP contribution in [0.25, 0.3) is 0 Å². The van der Waals surface area contributed by atoms with Gasteiger partial charge in [0.05, 0.1) is 0 Å². The molecule has 1 aromatic rings. The molecule has 0 bridgehead atoms. The number of hydrogen-bond acceptors (Lipinski definition) is 4. The molecule has 1 amide bonds. The van der Waals surface area contributed by atoms with Crippen LogP contribution in [0.4, 0.5) is 0 Å². The Morgan fingerprint density at radius 2 is 2.13 bits per heavy atom. The molecule has 0 radical (unpaired) electrons. The zero-order chi connectivity index (χ0) is 17.0. The number of amides is 1. The second kappa shape index (κ2) is 7.59. The first-order valence-electron chi connectivity index (χ1n) is 8.24. The highest BCUT2D eigenvalue weighted by Gasteiger charge is 2.24. The summed E-state index contributed by atoms with van der Waals surface area (Å²) in [5.41, 5.74) is -1.20. The van der Waals surface area contributed by atoms with Gasteiger partial charge in [-0.05, 0) is 39.7 Å². The third-order valence-electron chi connectivity index (χ3n) is 4.45. The van der Waals surface area contributed by atoms with Gasteiger partial charge in [-0.3, -0.25) is 19.5 Å². The van der Waals surface area contributed by atoms with Crippen LogP contribution in [0.15, 0.2) is 15.8 Å². The lowest BCUT2D eigenvalue weighted by Crippen LogP contribution is -2.45. The smallest absolute Gasteiger partial charge is 0.328 e. The molecule has 1 aliphatic rings. The van der Waals surface area contributed by atoms with Crippen molar-refractivity contribution in [3.63, 3.8) is 0 Å². The van der Waals surface area contributed by atoms with Crippen LogP contribution in [0.1, 0.15) is 49.9 Å². The third kappa shape index (κ3) is 4.31. The summed E-state index contributed by atoms with van der Waals surface area (Å²) in [4.78, 5) is 39.7. The first kappa shape index (κ1) is 17.5. The lowest BCUT2D eigenvalue weighted by atomic mass is 9.98. The summed E-state index contributed by atoms with van der Waals surface area (Å²) in [5, 5.41) is 2.79. The van der Waals surface area contributed by atoms with E-state index in [-0.39, 0.29) is 5.56 Å². The Morgan fingerprint density at radius 1 is 1.39 bits per heavy atom. The topological polar surface area (TPSA) is 87.2 Å². The molecule has 2 N–H and O–H groups in total. The van der Waals surface area contributed by atoms with Crippen LogP contribution >= 0.6 is 0 Å². The molecule has 0 aromatic carbocycles. The van der Waals surface area contributed by atoms with Crippen molar-refractivity contribution in [3.8, 4) is 0 Å². The molecular weight excluding hydrogens is 296 g/mol. The minimum absolute atomic E-state index is 0.0311. The Morgan fingerprint density at radius 3 is 2.83 bits per heavy atom. The van der Waals surface area contributed by atoms with Crippen LogP contribution in [0.2, 0.25) is 0 Å². The number of hydrogen-bond donors (Lipinski definition) is 2. The first-order chi connectivity index (χ1) is 10.9. The van der Waals surface area contributed by atoms with E-state index in [0.29, 0.717) is 18.6 Å². The molecule has 0 unspecified atom stereocenters. The molecule has 1 aliphatic heterocycles. The number of aryl methyl sites for hydroxylation is 1. The van der Waals surface area contributed by atoms with Crippen LogP contribution in [-0.2, 0) is 7.05 Å². The number of aromatic amines is 1. The van der Waals surface area contributed by atoms with Crippen LogP contribution in [-0.4, -0.2) is 45.5 Å². The SMILES string of the molecule is CC(C)N1CCCC[C@H]1CCNC(=O)c1cn(C)c(=O)[nH]c1=O. The number of H-pyrrole nitrogens is 1. The minimum atomic E-state index is -0.646. The van der Waals surface area contributed by atoms with Gasteiger partial charge < -0.3 is 9.88 Å². The van der Waals surface area contributed by atoms with E-state index >= 15 is 0 Å². The molecule has 1 atom stereocenters. The van der Waals surface area contributed by atoms with Gasteiger partial charge in [-0.25, -0.2) is 4.79 Å². The molecule has 128 valence electrons. The Balaban J connectivity index is 1.93. The maximum absolute atomic E-state index is 12.1. The van der Waals surface area contributed by atoms with E-state index in [9.17, 15) is 14.4 Å². The minimum Gasteiger partial charge on any atom is -0.352 e. The summed E-state index contributed by atoms with van der Waals surface area (Å²) in [6.45, 7) is 6.02. The van der Waals surface area contributed by atoms with Gasteiger partial charge in [0.25, 0.3) is 11.5 Å². The predicted molar refractivity (Wildman–Crippen MR) is 88.7 cm³/mol. The second-order valence-electron chi connectivity index (χ2n) is 6.44. The number of carbonyl (C=O) groups is 1. The number of piperidine rings is 1. The van der Waals surface area contributed by atoms with E-state index in [2.05, 4.69) is 29.0 Å². The molecule has 1 saturated heterocycles. The van der Waals surface area contributed by atoms with Crippen molar-refractivity contribution in [1.29, 1.82) is 0 Å². The molecule has 0 spiro atoms. The van der Waals surface area contributed by atoms with Crippen LogP contribution in [0, 0.1) is 0 Å². The van der Waals surface area contributed by atoms with Gasteiger partial charge in [-0.1, -0.05) is 6.42 Å². The van der Waals surface area contributed by atoms with Gasteiger partial charge in [0.1, 0.15) is 5.56 Å². The predicted octanol–water partition coefficient (Wildman–Crippen LogP) is 0.456. The number of carbonyl (C=O) groups excluding carboxylic acids is 1. The van der Waals surface area contributed by atoms with Crippen LogP contribution in [0.5, 0.6) is 0 Å². The van der Waals surface area contributed by atoms with Crippen molar-refractivity contribution in [2.75, 3.05) is 13.1 Å². The Labute approximate surface area is 135 Å². The van der Waals surface area contributed by atoms with Crippen molar-refractivity contribution in [3.05, 3.63) is 32.6 Å². The zero-order valence-corrected chi connectivity index (χ0v) is 14.1. The standard InChI is InChI=1S/C16H26N4O3/c1-11(2)20-9-5-4-6-12(20)7-8-17-14(21)13-10-19(3)16(23)18-15(13)22/h10-12H,4-9H2,1-3H3,(H,17,21)(H,18,22,23)/t12-/m0/s1. The van der Waals surface area contributed by atoms with Gasteiger partial charge in [0.2, 0.25) is 0 Å². The molecule has 7 heteroatoms. The van der Waals surface area contributed by atoms with E-state index in [4.69, 9.17) is 0 Å². The molecule has 0 saturated carbocycles. The lowest BCUT2D eigenvalue weighted by molar-refractivity contribution is 0.0911. The molecule has 23 heavy (non-hydrogen) atoms. The number of rotatable bonds is 5. The van der Waals surface area contributed by atoms with Gasteiger partial charge in [-0.15, -0.1) is 0 Å². The van der Waals surface area contributed by atoms with Crippen molar-refractivity contribution in [2.45, 2.75) is 51.6 Å². The molecule has 1 fully saturated rings. The molecule has 7 nitrogen and oxygen atoms in total. The summed E-state index contributed by atoms with van der Waals surface area (Å²) in [6, 6.07) is 0.977. The first-order valence-corrected chi connectivity index (χ1v) is 8.24. The molecular formula is C16H26N4O3. The monoisotopic (exact) mass is 322 g/mol. The number of nitrogens with zero attached hydrogens (tertiary/aromatic N) is 2. The van der Waals surface area contributed by atoms with Gasteiger partial charge in [-0.2, -0.15) is 0 Å². The van der Waals surface area contributed by atoms with Crippen molar-refractivity contribution < 1.29 is 4.79 Å². The van der Waals surface area contributed by atoms with Gasteiger partial charge >= 0.3 is 5.69 Å². The highest BCUT2D eigenvalue weighted by Crippen LogP contribution is 2.21. The molecule has 1 aromatic heterocycles. The van der Waals surface area contributed by atoms with E-state index in [1.807, 2.05) is 0 Å². The van der Waals surface area contributed by atoms with Crippen molar-refractivity contribution in [2.24, 2.45) is 7.05 Å². The average molecular weight is 322 g/mol. The fourth-order valence-corrected chi connectivity index (χ4v) is 3.19. The molecule has 0 aliphatic carbocycles. The summed E-state index contributed by atoms with van der Waals surface area (Å²) >= 11 is 0. The fraction of sp³-hybridized carbons (Fsp3) is 0.688. The number of aromatic nitrogens is 2. The normalized spacial score (nSPS) is 19.0. The average Bonchev–Trinajstić information content (AvgIpc) is 2.51. The van der Waals surface area contributed by atoms with E-state index in [1.165, 1.54) is 30.7 Å². The Kier molecular flexibility index (Phi) is 5.76. The highest BCUT2D eigenvalue weighted by molar-refractivity contribution is 5.93. The lowest BCUT2D eigenvalue weighted by Gasteiger charge is -2.38. The fourth-order valence-electron chi connectivity index (χ4n) is 3.19. The maximum atomic E-state index is 12.1. The zero-order valence-electron chi connectivity index (χ0n) is 14.1. The van der Waals surface area contributed by atoms with Gasteiger partial charge in [0, 0.05) is 31.9 Å². The number of nitrogens with one attached hydrogen (secondary N) is 2. The summed E-state index contributed by atoms with van der Waals surface area (Å²) in [6.07, 6.45) is 5.75. The van der Waals surface area contributed by atoms with Crippen LogP contribution < -0.4 is 16.6 Å². The van der Waals surface area contributed by atoms with E-state index in [0.717, 1.165) is 19.4 Å². The van der Waals surface area contributed by atoms with Crippen molar-refractivity contribution in [1.82, 2.24) is 19.8 Å². The highest BCUT2D eigenvalue weighted by atomic mass is 16.2. The Bertz CT molecular complexity index is 662. The molecule has 2 heterocycles. The maximum Gasteiger partial charge on any atom is 0.328 e. The summed E-state index contributed by atoms with van der Waals surface area (Å²) in [7, 11) is 1.50. The summed E-state index contributed by atoms with van der Waals surface area (Å²) in [5.74, 6) is -0.436. The van der Waals surface area contributed by atoms with Crippen molar-refractivity contribution >= 4 is 5.91 Å². The second-order valence-corrected chi connectivity index (χ2v) is 6.44. The van der Waals surface area contributed by atoms with Crippen LogP contribution in [0.3, 0.4) is 0 Å². The largest absolute Gasteiger partial charge is 0.352 e. The van der Waals surface area contributed by atoms with E-state index < -0.39 is 17.2 Å². The summed E-state index contributed by atoms with van der Waals surface area (Å²) < 4.78 is 1.19. The van der Waals surface area contributed by atoms with E-state index in [1.54, 1.807) is 0 Å². The number of likely N-dealkylation sites (tertiary alicyclic amines) is 1. The van der Waals surface area contributed by atoms with Gasteiger partial charge in [0.15, 0.2) is 0 Å².